The summed E-state index contributed by atoms with van der Waals surface area (Å²) in [5, 5.41) is 4.87. The normalized spacial score (nSPS) is 12.3. The Bertz CT molecular complexity index is 556. The van der Waals surface area contributed by atoms with Gasteiger partial charge in [-0.15, -0.1) is 13.2 Å². The van der Waals surface area contributed by atoms with Gasteiger partial charge in [-0.2, -0.15) is 4.98 Å². The summed E-state index contributed by atoms with van der Waals surface area (Å²) in [7, 11) is -3.11. The van der Waals surface area contributed by atoms with Crippen molar-refractivity contribution in [2.75, 3.05) is 7.11 Å². The number of rotatable bonds is 3. The predicted molar refractivity (Wildman–Crippen MR) is 53.6 cm³/mol. The molecule has 6 nitrogen and oxygen atoms in total. The summed E-state index contributed by atoms with van der Waals surface area (Å²) in [6.45, 7) is 1.20. The molecule has 102 valence electrons. The van der Waals surface area contributed by atoms with Gasteiger partial charge in [-0.05, 0) is 13.0 Å². The molecule has 0 aliphatic heterocycles. The van der Waals surface area contributed by atoms with E-state index in [0.29, 0.717) is 0 Å². The SMILES string of the molecule is COc1nc(OC(F)(F)F)c(C)cc1S(N)(=O)=O. The van der Waals surface area contributed by atoms with Crippen LogP contribution in [0.15, 0.2) is 11.0 Å². The minimum atomic E-state index is -4.94. The van der Waals surface area contributed by atoms with Crippen LogP contribution in [0.25, 0.3) is 0 Å². The molecule has 0 bridgehead atoms. The molecule has 1 aromatic rings. The van der Waals surface area contributed by atoms with Crippen LogP contribution >= 0.6 is 0 Å². The number of nitrogens with two attached hydrogens (primary N) is 1. The maximum atomic E-state index is 12.0. The Kier molecular flexibility index (Phi) is 3.72. The lowest BCUT2D eigenvalue weighted by atomic mass is 10.3. The Morgan fingerprint density at radius 1 is 1.33 bits per heavy atom. The molecule has 1 rings (SSSR count). The van der Waals surface area contributed by atoms with Crippen LogP contribution < -0.4 is 14.6 Å². The monoisotopic (exact) mass is 286 g/mol. The molecule has 0 aromatic carbocycles. The zero-order chi connectivity index (χ0) is 14.1. The lowest BCUT2D eigenvalue weighted by molar-refractivity contribution is -0.276. The number of nitrogens with zero attached hydrogens (tertiary/aromatic N) is 1. The van der Waals surface area contributed by atoms with Gasteiger partial charge in [0.05, 0.1) is 7.11 Å². The number of ether oxygens (including phenoxy) is 2. The summed E-state index contributed by atoms with van der Waals surface area (Å²) >= 11 is 0. The first kappa shape index (κ1) is 14.5. The Morgan fingerprint density at radius 2 is 1.89 bits per heavy atom. The molecular weight excluding hydrogens is 277 g/mol. The van der Waals surface area contributed by atoms with Gasteiger partial charge in [0.15, 0.2) is 0 Å². The Morgan fingerprint density at radius 3 is 2.28 bits per heavy atom. The number of sulfonamides is 1. The van der Waals surface area contributed by atoms with E-state index in [-0.39, 0.29) is 5.56 Å². The molecule has 0 unspecified atom stereocenters. The van der Waals surface area contributed by atoms with Crippen LogP contribution in [-0.4, -0.2) is 26.9 Å². The van der Waals surface area contributed by atoms with Gasteiger partial charge in [-0.1, -0.05) is 0 Å². The van der Waals surface area contributed by atoms with Crippen LogP contribution in [0.1, 0.15) is 5.56 Å². The third-order valence-corrected chi connectivity index (χ3v) is 2.72. The smallest absolute Gasteiger partial charge is 0.480 e. The topological polar surface area (TPSA) is 91.5 Å². The summed E-state index contributed by atoms with van der Waals surface area (Å²) < 4.78 is 66.6. The number of alkyl halides is 3. The van der Waals surface area contributed by atoms with E-state index in [1.807, 2.05) is 0 Å². The van der Waals surface area contributed by atoms with Gasteiger partial charge >= 0.3 is 6.36 Å². The number of hydrogen-bond donors (Lipinski definition) is 1. The molecule has 2 N–H and O–H groups in total. The van der Waals surface area contributed by atoms with Gasteiger partial charge in [0.25, 0.3) is 0 Å². The average molecular weight is 286 g/mol. The van der Waals surface area contributed by atoms with Crippen molar-refractivity contribution in [2.45, 2.75) is 18.2 Å². The number of pyridine rings is 1. The minimum absolute atomic E-state index is 0.142. The third kappa shape index (κ3) is 3.47. The fourth-order valence-electron chi connectivity index (χ4n) is 1.12. The van der Waals surface area contributed by atoms with Crippen LogP contribution in [0.5, 0.6) is 11.8 Å². The molecular formula is C8H9F3N2O4S. The van der Waals surface area contributed by atoms with Crippen LogP contribution in [-0.2, 0) is 10.0 Å². The fraction of sp³-hybridized carbons (Fsp3) is 0.375. The zero-order valence-corrected chi connectivity index (χ0v) is 10.1. The van der Waals surface area contributed by atoms with E-state index in [0.717, 1.165) is 13.2 Å². The average Bonchev–Trinajstić information content (AvgIpc) is 2.17. The summed E-state index contributed by atoms with van der Waals surface area (Å²) in [6, 6.07) is 0.891. The van der Waals surface area contributed by atoms with Gasteiger partial charge in [0.2, 0.25) is 21.8 Å². The van der Waals surface area contributed by atoms with Crippen molar-refractivity contribution in [3.05, 3.63) is 11.6 Å². The fourth-order valence-corrected chi connectivity index (χ4v) is 1.83. The second-order valence-corrected chi connectivity index (χ2v) is 4.74. The summed E-state index contributed by atoms with van der Waals surface area (Å²) in [5.74, 6) is -1.37. The quantitative estimate of drug-likeness (QED) is 0.893. The number of primary sulfonamides is 1. The molecule has 10 heteroatoms. The van der Waals surface area contributed by atoms with Gasteiger partial charge in [0.1, 0.15) is 4.90 Å². The molecule has 0 aliphatic rings. The van der Waals surface area contributed by atoms with Crippen molar-refractivity contribution >= 4 is 10.0 Å². The Hall–Kier alpha value is -1.55. The first-order valence-electron chi connectivity index (χ1n) is 4.39. The molecule has 0 aliphatic carbocycles. The van der Waals surface area contributed by atoms with Gasteiger partial charge in [-0.25, -0.2) is 13.6 Å². The standard InChI is InChI=1S/C8H9F3N2O4S/c1-4-3-5(18(12,14)15)7(16-2)13-6(4)17-8(9,10)11/h3H,1-2H3,(H2,12,14,15). The van der Waals surface area contributed by atoms with Crippen LogP contribution in [0.2, 0.25) is 0 Å². The Labute approximate surface area is 101 Å². The number of halogens is 3. The van der Waals surface area contributed by atoms with E-state index in [2.05, 4.69) is 14.5 Å². The molecule has 1 heterocycles. The number of methoxy groups -OCH3 is 1. The van der Waals surface area contributed by atoms with E-state index in [1.165, 1.54) is 6.92 Å². The van der Waals surface area contributed by atoms with Crippen molar-refractivity contribution in [2.24, 2.45) is 5.14 Å². The molecule has 0 saturated heterocycles. The van der Waals surface area contributed by atoms with E-state index in [4.69, 9.17) is 5.14 Å². The molecule has 0 spiro atoms. The highest BCUT2D eigenvalue weighted by Crippen LogP contribution is 2.30. The second-order valence-electron chi connectivity index (χ2n) is 3.21. The van der Waals surface area contributed by atoms with E-state index >= 15 is 0 Å². The highest BCUT2D eigenvalue weighted by atomic mass is 32.2. The van der Waals surface area contributed by atoms with Crippen LogP contribution in [0.4, 0.5) is 13.2 Å². The van der Waals surface area contributed by atoms with Gasteiger partial charge in [0, 0.05) is 5.56 Å². The number of aryl methyl sites for hydroxylation is 1. The van der Waals surface area contributed by atoms with Crippen molar-refractivity contribution in [1.82, 2.24) is 4.98 Å². The molecule has 1 aromatic heterocycles. The summed E-state index contributed by atoms with van der Waals surface area (Å²) in [6.07, 6.45) is -4.94. The molecule has 0 fully saturated rings. The summed E-state index contributed by atoms with van der Waals surface area (Å²) in [4.78, 5) is 2.80. The largest absolute Gasteiger partial charge is 0.574 e. The molecule has 0 amide bonds. The lowest BCUT2D eigenvalue weighted by Crippen LogP contribution is -2.20. The second kappa shape index (κ2) is 4.61. The highest BCUT2D eigenvalue weighted by molar-refractivity contribution is 7.89. The maximum Gasteiger partial charge on any atom is 0.574 e. The van der Waals surface area contributed by atoms with E-state index < -0.39 is 33.0 Å². The van der Waals surface area contributed by atoms with Gasteiger partial charge < -0.3 is 9.47 Å². The predicted octanol–water partition coefficient (Wildman–Crippen LogP) is 0.945. The summed E-state index contributed by atoms with van der Waals surface area (Å²) in [5.41, 5.74) is -0.142. The molecule has 18 heavy (non-hydrogen) atoms. The maximum absolute atomic E-state index is 12.0. The first-order chi connectivity index (χ1) is 8.04. The van der Waals surface area contributed by atoms with Crippen molar-refractivity contribution < 1.29 is 31.1 Å². The first-order valence-corrected chi connectivity index (χ1v) is 5.93. The van der Waals surface area contributed by atoms with E-state index in [1.54, 1.807) is 0 Å². The number of hydrogen-bond acceptors (Lipinski definition) is 5. The minimum Gasteiger partial charge on any atom is -0.480 e. The lowest BCUT2D eigenvalue weighted by Gasteiger charge is -2.13. The van der Waals surface area contributed by atoms with Crippen molar-refractivity contribution in [3.8, 4) is 11.8 Å². The van der Waals surface area contributed by atoms with Crippen LogP contribution in [0, 0.1) is 6.92 Å². The number of aromatic nitrogens is 1. The van der Waals surface area contributed by atoms with Crippen LogP contribution in [0.3, 0.4) is 0 Å². The van der Waals surface area contributed by atoms with E-state index in [9.17, 15) is 21.6 Å². The van der Waals surface area contributed by atoms with Crippen molar-refractivity contribution in [1.29, 1.82) is 0 Å². The van der Waals surface area contributed by atoms with Gasteiger partial charge in [-0.3, -0.25) is 0 Å². The third-order valence-electron chi connectivity index (χ3n) is 1.81. The molecule has 0 atom stereocenters. The molecule has 0 radical (unpaired) electrons. The zero-order valence-electron chi connectivity index (χ0n) is 9.28. The van der Waals surface area contributed by atoms with Crippen molar-refractivity contribution in [3.63, 3.8) is 0 Å². The molecule has 0 saturated carbocycles. The highest BCUT2D eigenvalue weighted by Gasteiger charge is 2.33. The Balaban J connectivity index is 3.36.